The van der Waals surface area contributed by atoms with E-state index in [1.165, 1.54) is 0 Å². The van der Waals surface area contributed by atoms with Gasteiger partial charge in [-0.05, 0) is 30.2 Å². The molecule has 1 N–H and O–H groups in total. The molecule has 1 amide bonds. The highest BCUT2D eigenvalue weighted by molar-refractivity contribution is 6.30. The molecule has 1 aromatic carbocycles. The van der Waals surface area contributed by atoms with Gasteiger partial charge < -0.3 is 5.32 Å². The molecule has 130 valence electrons. The average Bonchev–Trinajstić information content (AvgIpc) is 3.19. The van der Waals surface area contributed by atoms with Crippen molar-refractivity contribution in [2.75, 3.05) is 0 Å². The Labute approximate surface area is 150 Å². The molecule has 2 aromatic heterocycles. The number of benzene rings is 1. The smallest absolute Gasteiger partial charge is 0.255 e. The SMILES string of the molecule is CC(C)c1c(C(=O)NCc2cn(C)nn2)cnn1-c1ccc(Cl)cc1. The van der Waals surface area contributed by atoms with Crippen LogP contribution in [0, 0.1) is 0 Å². The summed E-state index contributed by atoms with van der Waals surface area (Å²) in [7, 11) is 1.78. The van der Waals surface area contributed by atoms with Crippen LogP contribution in [0.1, 0.15) is 41.5 Å². The Morgan fingerprint density at radius 1 is 1.28 bits per heavy atom. The number of nitrogens with one attached hydrogen (secondary N) is 1. The lowest BCUT2D eigenvalue weighted by atomic mass is 10.0. The molecule has 0 aliphatic carbocycles. The lowest BCUT2D eigenvalue weighted by molar-refractivity contribution is 0.0949. The number of amides is 1. The summed E-state index contributed by atoms with van der Waals surface area (Å²) in [5.74, 6) is -0.0648. The normalized spacial score (nSPS) is 11.1. The fourth-order valence-electron chi connectivity index (χ4n) is 2.62. The molecule has 8 heteroatoms. The molecule has 2 heterocycles. The highest BCUT2D eigenvalue weighted by atomic mass is 35.5. The molecule has 3 aromatic rings. The molecule has 7 nitrogen and oxygen atoms in total. The summed E-state index contributed by atoms with van der Waals surface area (Å²) < 4.78 is 3.37. The summed E-state index contributed by atoms with van der Waals surface area (Å²) >= 11 is 5.95. The maximum absolute atomic E-state index is 12.6. The number of halogens is 1. The van der Waals surface area contributed by atoms with Gasteiger partial charge in [0.05, 0.1) is 29.7 Å². The van der Waals surface area contributed by atoms with Crippen molar-refractivity contribution in [1.82, 2.24) is 30.1 Å². The summed E-state index contributed by atoms with van der Waals surface area (Å²) in [6.45, 7) is 4.38. The van der Waals surface area contributed by atoms with Gasteiger partial charge >= 0.3 is 0 Å². The molecule has 3 rings (SSSR count). The number of nitrogens with zero attached hydrogens (tertiary/aromatic N) is 5. The lowest BCUT2D eigenvalue weighted by Crippen LogP contribution is -2.24. The minimum atomic E-state index is -0.186. The van der Waals surface area contributed by atoms with E-state index in [1.54, 1.807) is 40.9 Å². The molecule has 25 heavy (non-hydrogen) atoms. The summed E-state index contributed by atoms with van der Waals surface area (Å²) in [6.07, 6.45) is 3.36. The van der Waals surface area contributed by atoms with E-state index in [0.29, 0.717) is 22.8 Å². The van der Waals surface area contributed by atoms with Crippen LogP contribution in [0.3, 0.4) is 0 Å². The van der Waals surface area contributed by atoms with E-state index in [-0.39, 0.29) is 11.8 Å². The number of hydrogen-bond donors (Lipinski definition) is 1. The molecule has 0 radical (unpaired) electrons. The standard InChI is InChI=1S/C17H19ClN6O/c1-11(2)16-15(17(25)19-8-13-10-23(3)22-21-13)9-20-24(16)14-6-4-12(18)5-7-14/h4-7,9-11H,8H2,1-3H3,(H,19,25). The lowest BCUT2D eigenvalue weighted by Gasteiger charge is -2.13. The summed E-state index contributed by atoms with van der Waals surface area (Å²) in [4.78, 5) is 12.6. The largest absolute Gasteiger partial charge is 0.346 e. The number of aryl methyl sites for hydroxylation is 1. The van der Waals surface area contributed by atoms with Crippen LogP contribution in [0.25, 0.3) is 5.69 Å². The minimum Gasteiger partial charge on any atom is -0.346 e. The van der Waals surface area contributed by atoms with E-state index in [1.807, 2.05) is 26.0 Å². The molecule has 0 bridgehead atoms. The third-order valence-corrected chi connectivity index (χ3v) is 4.00. The molecule has 0 saturated heterocycles. The Kier molecular flexibility index (Phi) is 4.85. The second-order valence-electron chi connectivity index (χ2n) is 6.05. The van der Waals surface area contributed by atoms with Crippen LogP contribution in [0.2, 0.25) is 5.02 Å². The van der Waals surface area contributed by atoms with Crippen molar-refractivity contribution in [2.24, 2.45) is 7.05 Å². The van der Waals surface area contributed by atoms with E-state index in [4.69, 9.17) is 11.6 Å². The van der Waals surface area contributed by atoms with Crippen molar-refractivity contribution in [3.63, 3.8) is 0 Å². The number of aromatic nitrogens is 5. The molecular formula is C17H19ClN6O. The first-order chi connectivity index (χ1) is 12.0. The van der Waals surface area contributed by atoms with Crippen molar-refractivity contribution in [3.8, 4) is 5.69 Å². The molecule has 0 spiro atoms. The Morgan fingerprint density at radius 2 is 2.00 bits per heavy atom. The summed E-state index contributed by atoms with van der Waals surface area (Å²) in [5.41, 5.74) is 2.96. The molecule has 0 unspecified atom stereocenters. The zero-order valence-corrected chi connectivity index (χ0v) is 15.0. The van der Waals surface area contributed by atoms with Crippen molar-refractivity contribution >= 4 is 17.5 Å². The zero-order chi connectivity index (χ0) is 18.0. The van der Waals surface area contributed by atoms with Crippen molar-refractivity contribution in [2.45, 2.75) is 26.3 Å². The fourth-order valence-corrected chi connectivity index (χ4v) is 2.74. The van der Waals surface area contributed by atoms with E-state index >= 15 is 0 Å². The van der Waals surface area contributed by atoms with Gasteiger partial charge in [-0.1, -0.05) is 30.7 Å². The predicted octanol–water partition coefficient (Wildman–Crippen LogP) is 2.71. The van der Waals surface area contributed by atoms with Crippen LogP contribution in [0.4, 0.5) is 0 Å². The first-order valence-corrected chi connectivity index (χ1v) is 8.30. The quantitative estimate of drug-likeness (QED) is 0.760. The number of hydrogen-bond acceptors (Lipinski definition) is 4. The Bertz CT molecular complexity index is 881. The van der Waals surface area contributed by atoms with Gasteiger partial charge in [-0.15, -0.1) is 5.10 Å². The summed E-state index contributed by atoms with van der Waals surface area (Å²) in [5, 5.41) is 15.7. The second kappa shape index (κ2) is 7.06. The monoisotopic (exact) mass is 358 g/mol. The Morgan fingerprint density at radius 3 is 2.60 bits per heavy atom. The zero-order valence-electron chi connectivity index (χ0n) is 14.3. The molecule has 0 fully saturated rings. The highest BCUT2D eigenvalue weighted by Gasteiger charge is 2.21. The Hall–Kier alpha value is -2.67. The molecule has 0 aliphatic heterocycles. The van der Waals surface area contributed by atoms with Crippen molar-refractivity contribution in [3.05, 3.63) is 58.6 Å². The van der Waals surface area contributed by atoms with Gasteiger partial charge in [0, 0.05) is 18.3 Å². The molecule has 0 atom stereocenters. The van der Waals surface area contributed by atoms with Crippen LogP contribution in [-0.2, 0) is 13.6 Å². The van der Waals surface area contributed by atoms with Crippen LogP contribution in [-0.4, -0.2) is 30.7 Å². The van der Waals surface area contributed by atoms with E-state index in [9.17, 15) is 4.79 Å². The predicted molar refractivity (Wildman–Crippen MR) is 94.8 cm³/mol. The molecule has 0 aliphatic rings. The van der Waals surface area contributed by atoms with Crippen LogP contribution in [0.15, 0.2) is 36.7 Å². The number of carbonyl (C=O) groups excluding carboxylic acids is 1. The van der Waals surface area contributed by atoms with E-state index < -0.39 is 0 Å². The van der Waals surface area contributed by atoms with E-state index in [2.05, 4.69) is 20.7 Å². The average molecular weight is 359 g/mol. The second-order valence-corrected chi connectivity index (χ2v) is 6.49. The maximum atomic E-state index is 12.6. The van der Waals surface area contributed by atoms with Crippen LogP contribution < -0.4 is 5.32 Å². The topological polar surface area (TPSA) is 77.6 Å². The Balaban J connectivity index is 1.85. The minimum absolute atomic E-state index is 0.121. The summed E-state index contributed by atoms with van der Waals surface area (Å²) in [6, 6.07) is 7.36. The van der Waals surface area contributed by atoms with Gasteiger partial charge in [0.1, 0.15) is 5.69 Å². The van der Waals surface area contributed by atoms with Crippen molar-refractivity contribution in [1.29, 1.82) is 0 Å². The van der Waals surface area contributed by atoms with Crippen molar-refractivity contribution < 1.29 is 4.79 Å². The third-order valence-electron chi connectivity index (χ3n) is 3.75. The number of carbonyl (C=O) groups is 1. The van der Waals surface area contributed by atoms with Gasteiger partial charge in [0.25, 0.3) is 5.91 Å². The third kappa shape index (κ3) is 3.71. The fraction of sp³-hybridized carbons (Fsp3) is 0.294. The first kappa shape index (κ1) is 17.2. The molecule has 0 saturated carbocycles. The number of rotatable bonds is 5. The van der Waals surface area contributed by atoms with Gasteiger partial charge in [-0.25, -0.2) is 4.68 Å². The van der Waals surface area contributed by atoms with Crippen LogP contribution in [0.5, 0.6) is 0 Å². The highest BCUT2D eigenvalue weighted by Crippen LogP contribution is 2.24. The van der Waals surface area contributed by atoms with Crippen LogP contribution >= 0.6 is 11.6 Å². The van der Waals surface area contributed by atoms with Gasteiger partial charge in [0.2, 0.25) is 0 Å². The van der Waals surface area contributed by atoms with Gasteiger partial charge in [-0.2, -0.15) is 5.10 Å². The maximum Gasteiger partial charge on any atom is 0.255 e. The van der Waals surface area contributed by atoms with E-state index in [0.717, 1.165) is 11.4 Å². The van der Waals surface area contributed by atoms with Gasteiger partial charge in [0.15, 0.2) is 0 Å². The first-order valence-electron chi connectivity index (χ1n) is 7.93. The molecular weight excluding hydrogens is 340 g/mol. The van der Waals surface area contributed by atoms with Gasteiger partial charge in [-0.3, -0.25) is 9.48 Å².